The van der Waals surface area contributed by atoms with E-state index in [-0.39, 0.29) is 39.1 Å². The third-order valence-electron chi connectivity index (χ3n) is 9.06. The minimum absolute atomic E-state index is 0.0302. The van der Waals surface area contributed by atoms with Gasteiger partial charge in [0, 0.05) is 18.8 Å². The number of sulfone groups is 1. The number of rotatable bonds is 4. The minimum Gasteiger partial charge on any atom is -0.403 e. The standard InChI is InChI=1S/C28H36O5SSi/c1-18-13-23-24-15-20-14-22(34(30,31)21-11-9-8-10-12-21)17-27(20,32-24)25(29)28(23,16-19(18)2)33-35(6,7)26(3,4)5/h8-12,14-15,23-24H,13,16-17H2,1-7H3/t23-,24-,27+,28+/m0/s1. The first-order valence-electron chi connectivity index (χ1n) is 12.5. The van der Waals surface area contributed by atoms with Crippen LogP contribution in [0.15, 0.2) is 69.0 Å². The van der Waals surface area contributed by atoms with Gasteiger partial charge in [-0.25, -0.2) is 8.42 Å². The normalized spacial score (nSPS) is 32.8. The van der Waals surface area contributed by atoms with E-state index in [1.807, 2.05) is 6.08 Å². The molecule has 4 atom stereocenters. The fraction of sp³-hybridized carbons (Fsp3) is 0.536. The number of benzene rings is 1. The molecule has 4 aliphatic rings. The first kappa shape index (κ1) is 24.9. The summed E-state index contributed by atoms with van der Waals surface area (Å²) in [6, 6.07) is 8.41. The minimum atomic E-state index is -3.73. The molecule has 1 saturated heterocycles. The van der Waals surface area contributed by atoms with Crippen molar-refractivity contribution in [3.05, 3.63) is 64.1 Å². The lowest BCUT2D eigenvalue weighted by molar-refractivity contribution is -0.192. The van der Waals surface area contributed by atoms with Gasteiger partial charge in [-0.15, -0.1) is 0 Å². The summed E-state index contributed by atoms with van der Waals surface area (Å²) in [5.74, 6) is -0.208. The Hall–Kier alpha value is -1.80. The smallest absolute Gasteiger partial charge is 0.202 e. The summed E-state index contributed by atoms with van der Waals surface area (Å²) in [7, 11) is -6.07. The molecule has 0 amide bonds. The van der Waals surface area contributed by atoms with Gasteiger partial charge >= 0.3 is 0 Å². The Kier molecular flexibility index (Phi) is 5.40. The molecule has 1 aromatic rings. The van der Waals surface area contributed by atoms with E-state index in [9.17, 15) is 13.2 Å². The van der Waals surface area contributed by atoms with Crippen LogP contribution in [0.3, 0.4) is 0 Å². The van der Waals surface area contributed by atoms with E-state index in [2.05, 4.69) is 47.7 Å². The number of hydrogen-bond donors (Lipinski definition) is 0. The first-order valence-corrected chi connectivity index (χ1v) is 16.8. The summed E-state index contributed by atoms with van der Waals surface area (Å²) < 4.78 is 40.5. The van der Waals surface area contributed by atoms with E-state index in [4.69, 9.17) is 9.16 Å². The number of fused-ring (bicyclic) bond motifs is 3. The second-order valence-corrected chi connectivity index (χ2v) is 19.0. The van der Waals surface area contributed by atoms with E-state index >= 15 is 0 Å². The molecule has 5 rings (SSSR count). The van der Waals surface area contributed by atoms with Crippen molar-refractivity contribution in [2.75, 3.05) is 0 Å². The highest BCUT2D eigenvalue weighted by molar-refractivity contribution is 7.95. The van der Waals surface area contributed by atoms with E-state index in [0.29, 0.717) is 12.0 Å². The summed E-state index contributed by atoms with van der Waals surface area (Å²) in [6.07, 6.45) is 4.73. The van der Waals surface area contributed by atoms with Crippen molar-refractivity contribution in [3.63, 3.8) is 0 Å². The highest BCUT2D eigenvalue weighted by Gasteiger charge is 2.70. The number of ether oxygens (including phenoxy) is 1. The lowest BCUT2D eigenvalue weighted by Gasteiger charge is -2.56. The summed E-state index contributed by atoms with van der Waals surface area (Å²) in [5, 5.41) is -0.0717. The Morgan fingerprint density at radius 3 is 2.34 bits per heavy atom. The molecule has 1 fully saturated rings. The van der Waals surface area contributed by atoms with E-state index in [0.717, 1.165) is 6.42 Å². The summed E-state index contributed by atoms with van der Waals surface area (Å²) >= 11 is 0. The zero-order chi connectivity index (χ0) is 25.6. The van der Waals surface area contributed by atoms with Crippen LogP contribution in [-0.4, -0.2) is 39.8 Å². The molecular formula is C28H36O5SSi. The molecule has 0 saturated carbocycles. The van der Waals surface area contributed by atoms with Gasteiger partial charge < -0.3 is 9.16 Å². The van der Waals surface area contributed by atoms with Gasteiger partial charge in [0.25, 0.3) is 0 Å². The molecular weight excluding hydrogens is 476 g/mol. The molecule has 0 unspecified atom stereocenters. The molecule has 5 nitrogen and oxygen atoms in total. The summed E-state index contributed by atoms with van der Waals surface area (Å²) in [5.41, 5.74) is 0.871. The van der Waals surface area contributed by atoms with Crippen LogP contribution in [-0.2, 0) is 23.8 Å². The Labute approximate surface area is 210 Å². The molecule has 2 aliphatic carbocycles. The SMILES string of the molecule is CC1=C(C)C[C@]2(O[Si](C)(C)C(C)(C)C)C(=O)[C@@]34CC(S(=O)(=O)c5ccccc5)=CC3=C[C@H](O4)[C@@H]2C1. The fourth-order valence-electron chi connectivity index (χ4n) is 5.89. The summed E-state index contributed by atoms with van der Waals surface area (Å²) in [4.78, 5) is 15.2. The van der Waals surface area contributed by atoms with Crippen molar-refractivity contribution in [1.82, 2.24) is 0 Å². The Balaban J connectivity index is 1.61. The van der Waals surface area contributed by atoms with Crippen molar-refractivity contribution in [2.24, 2.45) is 5.92 Å². The zero-order valence-corrected chi connectivity index (χ0v) is 23.6. The number of ketones is 1. The van der Waals surface area contributed by atoms with Gasteiger partial charge in [0.05, 0.1) is 15.9 Å². The predicted molar refractivity (Wildman–Crippen MR) is 139 cm³/mol. The van der Waals surface area contributed by atoms with Crippen LogP contribution in [0.25, 0.3) is 0 Å². The van der Waals surface area contributed by atoms with Crippen LogP contribution in [0.1, 0.15) is 53.9 Å². The Morgan fingerprint density at radius 2 is 1.71 bits per heavy atom. The number of allylic oxidation sites excluding steroid dienone is 1. The molecule has 2 bridgehead atoms. The number of Topliss-reactive ketones (excluding diaryl/α,β-unsaturated/α-hetero) is 1. The van der Waals surface area contributed by atoms with Crippen LogP contribution in [0.5, 0.6) is 0 Å². The molecule has 35 heavy (non-hydrogen) atoms. The van der Waals surface area contributed by atoms with E-state index in [1.165, 1.54) is 11.1 Å². The lowest BCUT2D eigenvalue weighted by atomic mass is 9.65. The topological polar surface area (TPSA) is 69.7 Å². The maximum atomic E-state index is 14.7. The highest BCUT2D eigenvalue weighted by atomic mass is 32.2. The van der Waals surface area contributed by atoms with Gasteiger partial charge in [-0.05, 0) is 68.3 Å². The second kappa shape index (κ2) is 7.60. The molecule has 7 heteroatoms. The van der Waals surface area contributed by atoms with Crippen LogP contribution in [0, 0.1) is 5.92 Å². The van der Waals surface area contributed by atoms with Crippen molar-refractivity contribution in [2.45, 2.75) is 94.2 Å². The molecule has 0 aromatic heterocycles. The van der Waals surface area contributed by atoms with Crippen LogP contribution < -0.4 is 0 Å². The van der Waals surface area contributed by atoms with Crippen LogP contribution in [0.2, 0.25) is 18.1 Å². The monoisotopic (exact) mass is 512 g/mol. The number of hydrogen-bond acceptors (Lipinski definition) is 5. The molecule has 2 aliphatic heterocycles. The highest BCUT2D eigenvalue weighted by Crippen LogP contribution is 2.60. The van der Waals surface area contributed by atoms with Crippen molar-refractivity contribution >= 4 is 23.9 Å². The van der Waals surface area contributed by atoms with Crippen LogP contribution >= 0.6 is 0 Å². The maximum Gasteiger partial charge on any atom is 0.202 e. The number of carbonyl (C=O) groups excluding carboxylic acids is 1. The van der Waals surface area contributed by atoms with E-state index < -0.39 is 29.4 Å². The Morgan fingerprint density at radius 1 is 1.06 bits per heavy atom. The third kappa shape index (κ3) is 3.45. The molecule has 188 valence electrons. The zero-order valence-electron chi connectivity index (χ0n) is 21.8. The van der Waals surface area contributed by atoms with Crippen molar-refractivity contribution < 1.29 is 22.4 Å². The summed E-state index contributed by atoms with van der Waals surface area (Å²) in [6.45, 7) is 15.2. The van der Waals surface area contributed by atoms with Gasteiger partial charge in [-0.2, -0.15) is 0 Å². The lowest BCUT2D eigenvalue weighted by Crippen LogP contribution is -2.68. The average molecular weight is 513 g/mol. The van der Waals surface area contributed by atoms with Gasteiger partial charge in [-0.3, -0.25) is 4.79 Å². The predicted octanol–water partition coefficient (Wildman–Crippen LogP) is 5.90. The van der Waals surface area contributed by atoms with Crippen molar-refractivity contribution in [3.8, 4) is 0 Å². The Bertz CT molecular complexity index is 1300. The average Bonchev–Trinajstić information content (AvgIpc) is 3.28. The van der Waals surface area contributed by atoms with Gasteiger partial charge in [0.15, 0.2) is 13.9 Å². The largest absolute Gasteiger partial charge is 0.403 e. The van der Waals surface area contributed by atoms with Crippen molar-refractivity contribution in [1.29, 1.82) is 0 Å². The van der Waals surface area contributed by atoms with Gasteiger partial charge in [-0.1, -0.05) is 50.1 Å². The number of carbonyl (C=O) groups is 1. The quantitative estimate of drug-likeness (QED) is 0.371. The van der Waals surface area contributed by atoms with Gasteiger partial charge in [0.1, 0.15) is 5.60 Å². The van der Waals surface area contributed by atoms with E-state index in [1.54, 1.807) is 36.4 Å². The van der Waals surface area contributed by atoms with Crippen LogP contribution in [0.4, 0.5) is 0 Å². The first-order chi connectivity index (χ1) is 16.1. The maximum absolute atomic E-state index is 14.7. The molecule has 1 aromatic carbocycles. The third-order valence-corrected chi connectivity index (χ3v) is 15.4. The van der Waals surface area contributed by atoms with Gasteiger partial charge in [0.2, 0.25) is 15.6 Å². The second-order valence-electron chi connectivity index (χ2n) is 12.3. The molecule has 0 radical (unpaired) electrons. The molecule has 2 heterocycles. The molecule has 0 N–H and O–H groups in total. The fourth-order valence-corrected chi connectivity index (χ4v) is 8.92. The molecule has 1 spiro atoms.